The zero-order valence-electron chi connectivity index (χ0n) is 13.6. The lowest BCUT2D eigenvalue weighted by Crippen LogP contribution is -2.49. The number of piperazine rings is 1. The van der Waals surface area contributed by atoms with Crippen molar-refractivity contribution in [2.75, 3.05) is 31.1 Å². The molecule has 0 N–H and O–H groups in total. The molecule has 24 heavy (non-hydrogen) atoms. The number of allylic oxidation sites excluding steroid dienone is 2. The minimum absolute atomic E-state index is 0.00827. The van der Waals surface area contributed by atoms with Gasteiger partial charge in [-0.3, -0.25) is 14.8 Å². The number of hydrogen-bond donors (Lipinski definition) is 0. The van der Waals surface area contributed by atoms with Crippen molar-refractivity contribution in [1.29, 1.82) is 0 Å². The summed E-state index contributed by atoms with van der Waals surface area (Å²) in [5, 5.41) is 0. The van der Waals surface area contributed by atoms with Crippen molar-refractivity contribution < 1.29 is 4.79 Å². The molecule has 1 saturated heterocycles. The zero-order chi connectivity index (χ0) is 16.9. The van der Waals surface area contributed by atoms with Crippen LogP contribution in [0.25, 0.3) is 11.0 Å². The highest BCUT2D eigenvalue weighted by Gasteiger charge is 2.22. The molecule has 1 aliphatic rings. The number of fused-ring (bicyclic) bond motifs is 1. The molecule has 0 unspecified atom stereocenters. The Morgan fingerprint density at radius 2 is 1.75 bits per heavy atom. The van der Waals surface area contributed by atoms with Gasteiger partial charge in [0.05, 0.1) is 11.0 Å². The maximum absolute atomic E-state index is 12.4. The van der Waals surface area contributed by atoms with Crippen LogP contribution in [0.1, 0.15) is 0 Å². The van der Waals surface area contributed by atoms with E-state index in [1.54, 1.807) is 30.6 Å². The van der Waals surface area contributed by atoms with Gasteiger partial charge in [0.1, 0.15) is 0 Å². The van der Waals surface area contributed by atoms with Gasteiger partial charge in [0.2, 0.25) is 0 Å². The number of nitrogens with zero attached hydrogens (tertiary/aromatic N) is 4. The van der Waals surface area contributed by atoms with Gasteiger partial charge in [0.15, 0.2) is 0 Å². The molecule has 1 amide bonds. The first-order valence-corrected chi connectivity index (χ1v) is 7.93. The molecule has 1 aromatic carbocycles. The van der Waals surface area contributed by atoms with Crippen molar-refractivity contribution in [3.63, 3.8) is 0 Å². The molecule has 0 aliphatic carbocycles. The standard InChI is InChI=1S/C19H20N4O/c1-3-5-15(4-2)19(24)23-12-10-22(11-13-23)16-6-7-17-18(14-16)21-9-8-20-17/h3-9,14H,1-2,10-13H2/b15-5+. The van der Waals surface area contributed by atoms with Gasteiger partial charge in [-0.15, -0.1) is 0 Å². The maximum atomic E-state index is 12.4. The van der Waals surface area contributed by atoms with Crippen LogP contribution in [0, 0.1) is 0 Å². The van der Waals surface area contributed by atoms with Gasteiger partial charge in [0.25, 0.3) is 5.91 Å². The zero-order valence-corrected chi connectivity index (χ0v) is 13.6. The second-order valence-corrected chi connectivity index (χ2v) is 5.57. The molecule has 0 spiro atoms. The van der Waals surface area contributed by atoms with E-state index in [0.717, 1.165) is 29.8 Å². The SMILES string of the molecule is C=C/C=C(\C=C)C(=O)N1CCN(c2ccc3nccnc3c2)CC1. The van der Waals surface area contributed by atoms with Gasteiger partial charge in [0, 0.05) is 49.8 Å². The van der Waals surface area contributed by atoms with Crippen molar-refractivity contribution in [3.05, 3.63) is 67.6 Å². The number of rotatable bonds is 4. The Labute approximate surface area is 141 Å². The summed E-state index contributed by atoms with van der Waals surface area (Å²) in [7, 11) is 0. The molecule has 2 aromatic rings. The number of aromatic nitrogens is 2. The van der Waals surface area contributed by atoms with E-state index in [4.69, 9.17) is 0 Å². The van der Waals surface area contributed by atoms with Crippen molar-refractivity contribution in [3.8, 4) is 0 Å². The molecule has 0 saturated carbocycles. The Bertz CT molecular complexity index is 804. The summed E-state index contributed by atoms with van der Waals surface area (Å²) >= 11 is 0. The summed E-state index contributed by atoms with van der Waals surface area (Å²) in [5.41, 5.74) is 3.47. The molecular weight excluding hydrogens is 300 g/mol. The van der Waals surface area contributed by atoms with Crippen LogP contribution in [0.2, 0.25) is 0 Å². The lowest BCUT2D eigenvalue weighted by Gasteiger charge is -2.36. The molecule has 0 atom stereocenters. The molecule has 3 rings (SSSR count). The fourth-order valence-corrected chi connectivity index (χ4v) is 2.85. The van der Waals surface area contributed by atoms with E-state index in [9.17, 15) is 4.79 Å². The van der Waals surface area contributed by atoms with Gasteiger partial charge in [-0.2, -0.15) is 0 Å². The Morgan fingerprint density at radius 1 is 1.04 bits per heavy atom. The van der Waals surface area contributed by atoms with Crippen LogP contribution < -0.4 is 4.90 Å². The summed E-state index contributed by atoms with van der Waals surface area (Å²) in [6, 6.07) is 6.09. The predicted octanol–water partition coefficient (Wildman–Crippen LogP) is 2.58. The number of anilines is 1. The Morgan fingerprint density at radius 3 is 2.42 bits per heavy atom. The highest BCUT2D eigenvalue weighted by molar-refractivity contribution is 5.96. The van der Waals surface area contributed by atoms with Crippen LogP contribution in [0.3, 0.4) is 0 Å². The van der Waals surface area contributed by atoms with E-state index < -0.39 is 0 Å². The largest absolute Gasteiger partial charge is 0.368 e. The van der Waals surface area contributed by atoms with Crippen LogP contribution in [0.15, 0.2) is 67.6 Å². The normalized spacial score (nSPS) is 15.4. The number of hydrogen-bond acceptors (Lipinski definition) is 4. The van der Waals surface area contributed by atoms with Gasteiger partial charge in [-0.05, 0) is 18.2 Å². The van der Waals surface area contributed by atoms with Gasteiger partial charge < -0.3 is 9.80 Å². The molecule has 5 heteroatoms. The lowest BCUT2D eigenvalue weighted by atomic mass is 10.1. The Balaban J connectivity index is 1.70. The molecule has 1 aliphatic heterocycles. The predicted molar refractivity (Wildman–Crippen MR) is 96.8 cm³/mol. The van der Waals surface area contributed by atoms with Crippen LogP contribution >= 0.6 is 0 Å². The topological polar surface area (TPSA) is 49.3 Å². The van der Waals surface area contributed by atoms with Gasteiger partial charge in [-0.25, -0.2) is 0 Å². The first-order valence-electron chi connectivity index (χ1n) is 7.93. The second-order valence-electron chi connectivity index (χ2n) is 5.57. The van der Waals surface area contributed by atoms with E-state index in [1.807, 2.05) is 17.0 Å². The van der Waals surface area contributed by atoms with Crippen LogP contribution in [0.5, 0.6) is 0 Å². The minimum atomic E-state index is 0.00827. The van der Waals surface area contributed by atoms with E-state index in [1.165, 1.54) is 0 Å². The van der Waals surface area contributed by atoms with Crippen molar-refractivity contribution in [1.82, 2.24) is 14.9 Å². The average molecular weight is 320 g/mol. The average Bonchev–Trinajstić information content (AvgIpc) is 2.65. The first kappa shape index (κ1) is 15.9. The van der Waals surface area contributed by atoms with E-state index >= 15 is 0 Å². The van der Waals surface area contributed by atoms with Crippen molar-refractivity contribution >= 4 is 22.6 Å². The quantitative estimate of drug-likeness (QED) is 0.642. The number of benzene rings is 1. The second kappa shape index (κ2) is 7.08. The number of carbonyl (C=O) groups is 1. The van der Waals surface area contributed by atoms with Crippen LogP contribution in [0.4, 0.5) is 5.69 Å². The smallest absolute Gasteiger partial charge is 0.253 e. The van der Waals surface area contributed by atoms with Gasteiger partial charge >= 0.3 is 0 Å². The lowest BCUT2D eigenvalue weighted by molar-refractivity contribution is -0.127. The number of carbonyl (C=O) groups excluding carboxylic acids is 1. The van der Waals surface area contributed by atoms with Crippen molar-refractivity contribution in [2.24, 2.45) is 0 Å². The summed E-state index contributed by atoms with van der Waals surface area (Å²) in [4.78, 5) is 25.2. The third-order valence-electron chi connectivity index (χ3n) is 4.15. The third-order valence-corrected chi connectivity index (χ3v) is 4.15. The molecule has 0 radical (unpaired) electrons. The molecule has 5 nitrogen and oxygen atoms in total. The maximum Gasteiger partial charge on any atom is 0.253 e. The Hall–Kier alpha value is -2.95. The summed E-state index contributed by atoms with van der Waals surface area (Å²) in [6.45, 7) is 10.3. The monoisotopic (exact) mass is 320 g/mol. The first-order chi connectivity index (χ1) is 11.7. The van der Waals surface area contributed by atoms with Crippen molar-refractivity contribution in [2.45, 2.75) is 0 Å². The van der Waals surface area contributed by atoms with E-state index in [0.29, 0.717) is 18.7 Å². The van der Waals surface area contributed by atoms with Gasteiger partial charge in [-0.1, -0.05) is 31.4 Å². The summed E-state index contributed by atoms with van der Waals surface area (Å²) in [6.07, 6.45) is 8.29. The molecular formula is C19H20N4O. The molecule has 122 valence electrons. The van der Waals surface area contributed by atoms with E-state index in [-0.39, 0.29) is 5.91 Å². The van der Waals surface area contributed by atoms with Crippen LogP contribution in [-0.4, -0.2) is 47.0 Å². The fraction of sp³-hybridized carbons (Fsp3) is 0.211. The van der Waals surface area contributed by atoms with Crippen LogP contribution in [-0.2, 0) is 4.79 Å². The minimum Gasteiger partial charge on any atom is -0.368 e. The van der Waals surface area contributed by atoms with E-state index in [2.05, 4.69) is 34.1 Å². The molecule has 1 fully saturated rings. The highest BCUT2D eigenvalue weighted by Crippen LogP contribution is 2.21. The molecule has 1 aromatic heterocycles. The fourth-order valence-electron chi connectivity index (χ4n) is 2.85. The molecule has 0 bridgehead atoms. The highest BCUT2D eigenvalue weighted by atomic mass is 16.2. The molecule has 2 heterocycles. The summed E-state index contributed by atoms with van der Waals surface area (Å²) < 4.78 is 0. The Kier molecular flexibility index (Phi) is 4.70. The number of amides is 1. The summed E-state index contributed by atoms with van der Waals surface area (Å²) in [5.74, 6) is 0.00827. The third kappa shape index (κ3) is 3.20.